The predicted molar refractivity (Wildman–Crippen MR) is 74.2 cm³/mol. The Labute approximate surface area is 117 Å². The van der Waals surface area contributed by atoms with E-state index in [1.807, 2.05) is 25.9 Å². The predicted octanol–water partition coefficient (Wildman–Crippen LogP) is 1.29. The lowest BCUT2D eigenvalue weighted by Crippen LogP contribution is -2.38. The third kappa shape index (κ3) is 4.04. The molecule has 0 saturated carbocycles. The van der Waals surface area contributed by atoms with Crippen molar-refractivity contribution in [3.63, 3.8) is 0 Å². The molecule has 0 aliphatic heterocycles. The Balaban J connectivity index is 2.98. The molecule has 1 rings (SSSR count). The lowest BCUT2D eigenvalue weighted by molar-refractivity contribution is 0.314. The van der Waals surface area contributed by atoms with E-state index in [2.05, 4.69) is 4.72 Å². The molecule has 5 nitrogen and oxygen atoms in total. The standard InChI is InChI=1S/C11H17ClFN3O2S/c1-7(16(2)3)6-15-19(17,18)11-5-10(14)9(13)4-8(11)12/h4-5,7,15H,6,14H2,1-3H3. The molecule has 0 aliphatic rings. The highest BCUT2D eigenvalue weighted by Crippen LogP contribution is 2.26. The molecule has 0 radical (unpaired) electrons. The number of nitrogen functional groups attached to an aromatic ring is 1. The number of nitrogens with zero attached hydrogens (tertiary/aromatic N) is 1. The van der Waals surface area contributed by atoms with Crippen LogP contribution in [0.5, 0.6) is 0 Å². The van der Waals surface area contributed by atoms with Crippen molar-refractivity contribution in [2.24, 2.45) is 0 Å². The van der Waals surface area contributed by atoms with Gasteiger partial charge in [0.2, 0.25) is 10.0 Å². The molecule has 0 spiro atoms. The molecule has 1 unspecified atom stereocenters. The Hall–Kier alpha value is -0.890. The lowest BCUT2D eigenvalue weighted by atomic mass is 10.3. The van der Waals surface area contributed by atoms with Crippen LogP contribution in [-0.4, -0.2) is 40.0 Å². The van der Waals surface area contributed by atoms with Gasteiger partial charge in [0, 0.05) is 12.6 Å². The van der Waals surface area contributed by atoms with Gasteiger partial charge in [-0.25, -0.2) is 17.5 Å². The third-order valence-corrected chi connectivity index (χ3v) is 4.68. The van der Waals surface area contributed by atoms with Crippen LogP contribution < -0.4 is 10.5 Å². The topological polar surface area (TPSA) is 75.4 Å². The Morgan fingerprint density at radius 2 is 2.05 bits per heavy atom. The van der Waals surface area contributed by atoms with Gasteiger partial charge in [-0.1, -0.05) is 11.6 Å². The van der Waals surface area contributed by atoms with Crippen molar-refractivity contribution in [1.29, 1.82) is 0 Å². The fraction of sp³-hybridized carbons (Fsp3) is 0.455. The number of nitrogens with two attached hydrogens (primary N) is 1. The summed E-state index contributed by atoms with van der Waals surface area (Å²) in [5.41, 5.74) is 5.10. The van der Waals surface area contributed by atoms with Crippen LogP contribution in [0.15, 0.2) is 17.0 Å². The summed E-state index contributed by atoms with van der Waals surface area (Å²) in [5, 5.41) is -0.197. The molecule has 8 heteroatoms. The van der Waals surface area contributed by atoms with Crippen LogP contribution in [0, 0.1) is 5.82 Å². The number of hydrogen-bond acceptors (Lipinski definition) is 4. The van der Waals surface area contributed by atoms with E-state index in [1.54, 1.807) is 0 Å². The molecule has 0 fully saturated rings. The normalized spacial score (nSPS) is 13.8. The smallest absolute Gasteiger partial charge is 0.242 e. The zero-order chi connectivity index (χ0) is 14.8. The number of likely N-dealkylation sites (N-methyl/N-ethyl adjacent to an activating group) is 1. The minimum Gasteiger partial charge on any atom is -0.396 e. The van der Waals surface area contributed by atoms with Crippen LogP contribution in [-0.2, 0) is 10.0 Å². The van der Waals surface area contributed by atoms with Gasteiger partial charge in [0.05, 0.1) is 10.7 Å². The van der Waals surface area contributed by atoms with Gasteiger partial charge >= 0.3 is 0 Å². The maximum atomic E-state index is 13.1. The third-order valence-electron chi connectivity index (χ3n) is 2.79. The van der Waals surface area contributed by atoms with Crippen LogP contribution in [0.2, 0.25) is 5.02 Å². The van der Waals surface area contributed by atoms with Gasteiger partial charge in [0.25, 0.3) is 0 Å². The van der Waals surface area contributed by atoms with Gasteiger partial charge in [0.1, 0.15) is 10.7 Å². The highest BCUT2D eigenvalue weighted by Gasteiger charge is 2.21. The first-order valence-electron chi connectivity index (χ1n) is 5.55. The molecular weight excluding hydrogens is 293 g/mol. The van der Waals surface area contributed by atoms with Crippen LogP contribution >= 0.6 is 11.6 Å². The SMILES string of the molecule is CC(CNS(=O)(=O)c1cc(N)c(F)cc1Cl)N(C)C. The Morgan fingerprint density at radius 1 is 1.47 bits per heavy atom. The average Bonchev–Trinajstić information content (AvgIpc) is 2.30. The fourth-order valence-corrected chi connectivity index (χ4v) is 2.91. The van der Waals surface area contributed by atoms with Gasteiger partial charge in [-0.15, -0.1) is 0 Å². The maximum absolute atomic E-state index is 13.1. The van der Waals surface area contributed by atoms with Crippen LogP contribution in [0.1, 0.15) is 6.92 Å². The van der Waals surface area contributed by atoms with E-state index in [1.165, 1.54) is 0 Å². The largest absolute Gasteiger partial charge is 0.396 e. The first-order chi connectivity index (χ1) is 8.65. The van der Waals surface area contributed by atoms with Crippen molar-refractivity contribution < 1.29 is 12.8 Å². The number of benzene rings is 1. The number of hydrogen-bond donors (Lipinski definition) is 2. The minimum absolute atomic E-state index is 0.00588. The van der Waals surface area contributed by atoms with E-state index >= 15 is 0 Å². The molecule has 0 saturated heterocycles. The van der Waals surface area contributed by atoms with E-state index in [0.717, 1.165) is 12.1 Å². The minimum atomic E-state index is -3.81. The monoisotopic (exact) mass is 309 g/mol. The lowest BCUT2D eigenvalue weighted by Gasteiger charge is -2.20. The molecule has 0 aliphatic carbocycles. The first kappa shape index (κ1) is 16.2. The van der Waals surface area contributed by atoms with Gasteiger partial charge in [0.15, 0.2) is 0 Å². The van der Waals surface area contributed by atoms with Gasteiger partial charge in [-0.3, -0.25) is 0 Å². The molecular formula is C11H17ClFN3O2S. The summed E-state index contributed by atoms with van der Waals surface area (Å²) in [4.78, 5) is 1.64. The van der Waals surface area contributed by atoms with E-state index < -0.39 is 15.8 Å². The number of anilines is 1. The number of sulfonamides is 1. The Morgan fingerprint density at radius 3 is 2.58 bits per heavy atom. The van der Waals surface area contributed by atoms with E-state index in [0.29, 0.717) is 0 Å². The highest BCUT2D eigenvalue weighted by atomic mass is 35.5. The van der Waals surface area contributed by atoms with Crippen molar-refractivity contribution in [2.45, 2.75) is 17.9 Å². The molecule has 0 bridgehead atoms. The second-order valence-corrected chi connectivity index (χ2v) is 6.61. The summed E-state index contributed by atoms with van der Waals surface area (Å²) in [6, 6.07) is 1.91. The van der Waals surface area contributed by atoms with Crippen molar-refractivity contribution in [3.8, 4) is 0 Å². The second-order valence-electron chi connectivity index (χ2n) is 4.47. The summed E-state index contributed by atoms with van der Waals surface area (Å²) < 4.78 is 39.7. The zero-order valence-corrected chi connectivity index (χ0v) is 12.5. The number of nitrogens with one attached hydrogen (secondary N) is 1. The van der Waals surface area contributed by atoms with E-state index in [9.17, 15) is 12.8 Å². The molecule has 19 heavy (non-hydrogen) atoms. The summed E-state index contributed by atoms with van der Waals surface area (Å²) in [5.74, 6) is -0.745. The van der Waals surface area contributed by atoms with Crippen molar-refractivity contribution in [3.05, 3.63) is 23.0 Å². The number of halogens is 2. The zero-order valence-electron chi connectivity index (χ0n) is 10.9. The van der Waals surface area contributed by atoms with E-state index in [-0.39, 0.29) is 28.2 Å². The van der Waals surface area contributed by atoms with Crippen LogP contribution in [0.3, 0.4) is 0 Å². The highest BCUT2D eigenvalue weighted by molar-refractivity contribution is 7.89. The van der Waals surface area contributed by atoms with Crippen molar-refractivity contribution in [1.82, 2.24) is 9.62 Å². The average molecular weight is 310 g/mol. The quantitative estimate of drug-likeness (QED) is 0.804. The molecule has 1 aromatic carbocycles. The Bertz CT molecular complexity index is 563. The van der Waals surface area contributed by atoms with Crippen molar-refractivity contribution >= 4 is 27.3 Å². The van der Waals surface area contributed by atoms with Crippen molar-refractivity contribution in [2.75, 3.05) is 26.4 Å². The Kier molecular flexibility index (Phi) is 5.14. The summed E-state index contributed by atoms with van der Waals surface area (Å²) in [7, 11) is -0.144. The molecule has 1 atom stereocenters. The van der Waals surface area contributed by atoms with Gasteiger partial charge in [-0.05, 0) is 33.2 Å². The van der Waals surface area contributed by atoms with E-state index in [4.69, 9.17) is 17.3 Å². The second kappa shape index (κ2) is 6.04. The molecule has 0 aromatic heterocycles. The maximum Gasteiger partial charge on any atom is 0.242 e. The molecule has 3 N–H and O–H groups in total. The van der Waals surface area contributed by atoms with Crippen LogP contribution in [0.25, 0.3) is 0 Å². The summed E-state index contributed by atoms with van der Waals surface area (Å²) >= 11 is 5.74. The van der Waals surface area contributed by atoms with Gasteiger partial charge < -0.3 is 10.6 Å². The number of rotatable bonds is 5. The fourth-order valence-electron chi connectivity index (χ4n) is 1.24. The molecule has 1 aromatic rings. The first-order valence-corrected chi connectivity index (χ1v) is 7.42. The summed E-state index contributed by atoms with van der Waals surface area (Å²) in [6.45, 7) is 2.08. The van der Waals surface area contributed by atoms with Crippen LogP contribution in [0.4, 0.5) is 10.1 Å². The molecule has 0 amide bonds. The molecule has 0 heterocycles. The summed E-state index contributed by atoms with van der Waals surface area (Å²) in [6.07, 6.45) is 0. The van der Waals surface area contributed by atoms with Gasteiger partial charge in [-0.2, -0.15) is 0 Å². The molecule has 108 valence electrons.